The van der Waals surface area contributed by atoms with Gasteiger partial charge in [-0.1, -0.05) is 44.2 Å². The monoisotopic (exact) mass is 398 g/mol. The van der Waals surface area contributed by atoms with Gasteiger partial charge in [0.25, 0.3) is 11.8 Å². The lowest BCUT2D eigenvalue weighted by molar-refractivity contribution is -0.146. The lowest BCUT2D eigenvalue weighted by Gasteiger charge is -2.15. The highest BCUT2D eigenvalue weighted by atomic mass is 16.5. The van der Waals surface area contributed by atoms with Gasteiger partial charge in [0.05, 0.1) is 12.7 Å². The van der Waals surface area contributed by atoms with Crippen LogP contribution in [0, 0.1) is 0 Å². The van der Waals surface area contributed by atoms with Gasteiger partial charge in [0.1, 0.15) is 12.3 Å². The third-order valence-corrected chi connectivity index (χ3v) is 4.49. The van der Waals surface area contributed by atoms with E-state index >= 15 is 0 Å². The molecule has 0 aliphatic heterocycles. The van der Waals surface area contributed by atoms with E-state index in [9.17, 15) is 14.4 Å². The molecule has 0 heterocycles. The Bertz CT molecular complexity index is 866. The minimum Gasteiger partial charge on any atom is -0.496 e. The molecule has 0 saturated carbocycles. The van der Waals surface area contributed by atoms with Crippen LogP contribution in [-0.2, 0) is 14.3 Å². The number of esters is 1. The molecule has 0 unspecified atom stereocenters. The quantitative estimate of drug-likeness (QED) is 0.633. The molecule has 29 heavy (non-hydrogen) atoms. The van der Waals surface area contributed by atoms with Crippen molar-refractivity contribution in [2.75, 3.05) is 25.6 Å². The van der Waals surface area contributed by atoms with Crippen LogP contribution in [-0.4, -0.2) is 38.0 Å². The van der Waals surface area contributed by atoms with E-state index in [1.54, 1.807) is 24.3 Å². The molecule has 2 aromatic carbocycles. The third-order valence-electron chi connectivity index (χ3n) is 4.49. The highest BCUT2D eigenvalue weighted by molar-refractivity contribution is 5.98. The van der Waals surface area contributed by atoms with Crippen LogP contribution in [0.2, 0.25) is 0 Å². The molecule has 7 nitrogen and oxygen atoms in total. The van der Waals surface area contributed by atoms with Gasteiger partial charge < -0.3 is 20.1 Å². The standard InChI is InChI=1S/C22H26N2O5/c1-4-15(2)16-9-5-7-11-18(16)24-20(25)14-29-21(26)13-23-22(27)17-10-6-8-12-19(17)28-3/h5-12,15H,4,13-14H2,1-3H3,(H,23,27)(H,24,25)/t15-/m1/s1. The first kappa shape index (κ1) is 21.9. The second-order valence-electron chi connectivity index (χ2n) is 6.49. The molecule has 2 rings (SSSR count). The van der Waals surface area contributed by atoms with Gasteiger partial charge in [-0.3, -0.25) is 14.4 Å². The molecule has 0 fully saturated rings. The van der Waals surface area contributed by atoms with Crippen molar-refractivity contribution in [1.82, 2.24) is 5.32 Å². The summed E-state index contributed by atoms with van der Waals surface area (Å²) in [6, 6.07) is 14.2. The number of para-hydroxylation sites is 2. The topological polar surface area (TPSA) is 93.7 Å². The maximum absolute atomic E-state index is 12.2. The van der Waals surface area contributed by atoms with Crippen LogP contribution in [0.4, 0.5) is 5.69 Å². The number of rotatable bonds is 9. The summed E-state index contributed by atoms with van der Waals surface area (Å²) in [4.78, 5) is 36.2. The van der Waals surface area contributed by atoms with Crippen molar-refractivity contribution in [3.8, 4) is 5.75 Å². The Kier molecular flexibility index (Phi) is 8.21. The molecular formula is C22H26N2O5. The Morgan fingerprint density at radius 3 is 2.45 bits per heavy atom. The molecule has 2 aromatic rings. The van der Waals surface area contributed by atoms with Crippen LogP contribution < -0.4 is 15.4 Å². The van der Waals surface area contributed by atoms with Gasteiger partial charge in [-0.15, -0.1) is 0 Å². The Labute approximate surface area is 170 Å². The number of ether oxygens (including phenoxy) is 2. The first-order valence-corrected chi connectivity index (χ1v) is 9.41. The summed E-state index contributed by atoms with van der Waals surface area (Å²) in [5.74, 6) is -0.924. The number of methoxy groups -OCH3 is 1. The molecule has 0 spiro atoms. The fourth-order valence-corrected chi connectivity index (χ4v) is 2.72. The van der Waals surface area contributed by atoms with Gasteiger partial charge >= 0.3 is 5.97 Å². The molecule has 0 radical (unpaired) electrons. The van der Waals surface area contributed by atoms with Crippen LogP contribution in [0.5, 0.6) is 5.75 Å². The minimum atomic E-state index is -0.710. The number of amides is 2. The van der Waals surface area contributed by atoms with Crippen LogP contribution in [0.1, 0.15) is 42.1 Å². The predicted molar refractivity (Wildman–Crippen MR) is 110 cm³/mol. The average Bonchev–Trinajstić information content (AvgIpc) is 2.75. The van der Waals surface area contributed by atoms with E-state index in [-0.39, 0.29) is 6.54 Å². The van der Waals surface area contributed by atoms with E-state index in [1.165, 1.54) is 7.11 Å². The molecule has 0 bridgehead atoms. The Morgan fingerprint density at radius 1 is 1.03 bits per heavy atom. The highest BCUT2D eigenvalue weighted by Crippen LogP contribution is 2.26. The largest absolute Gasteiger partial charge is 0.496 e. The maximum Gasteiger partial charge on any atom is 0.325 e. The summed E-state index contributed by atoms with van der Waals surface area (Å²) < 4.78 is 10.1. The Hall–Kier alpha value is -3.35. The average molecular weight is 398 g/mol. The van der Waals surface area contributed by atoms with Gasteiger partial charge in [0.15, 0.2) is 6.61 Å². The summed E-state index contributed by atoms with van der Waals surface area (Å²) in [6.07, 6.45) is 0.938. The number of hydrogen-bond donors (Lipinski definition) is 2. The van der Waals surface area contributed by atoms with E-state index in [4.69, 9.17) is 9.47 Å². The van der Waals surface area contributed by atoms with Crippen molar-refractivity contribution in [2.24, 2.45) is 0 Å². The number of carbonyl (C=O) groups is 3. The lowest BCUT2D eigenvalue weighted by atomic mass is 9.97. The van der Waals surface area contributed by atoms with Crippen molar-refractivity contribution in [3.05, 3.63) is 59.7 Å². The summed E-state index contributed by atoms with van der Waals surface area (Å²) >= 11 is 0. The van der Waals surface area contributed by atoms with Crippen molar-refractivity contribution in [1.29, 1.82) is 0 Å². The molecule has 0 aromatic heterocycles. The smallest absolute Gasteiger partial charge is 0.325 e. The van der Waals surface area contributed by atoms with Gasteiger partial charge in [-0.25, -0.2) is 0 Å². The number of carbonyl (C=O) groups excluding carboxylic acids is 3. The van der Waals surface area contributed by atoms with Crippen LogP contribution in [0.3, 0.4) is 0 Å². The van der Waals surface area contributed by atoms with E-state index in [0.717, 1.165) is 12.0 Å². The number of benzene rings is 2. The zero-order valence-electron chi connectivity index (χ0n) is 16.9. The molecule has 0 aliphatic carbocycles. The van der Waals surface area contributed by atoms with Crippen molar-refractivity contribution in [2.45, 2.75) is 26.2 Å². The number of anilines is 1. The zero-order chi connectivity index (χ0) is 21.2. The van der Waals surface area contributed by atoms with Crippen molar-refractivity contribution >= 4 is 23.5 Å². The fourth-order valence-electron chi connectivity index (χ4n) is 2.72. The van der Waals surface area contributed by atoms with Gasteiger partial charge in [0.2, 0.25) is 0 Å². The minimum absolute atomic E-state index is 0.291. The summed E-state index contributed by atoms with van der Waals surface area (Å²) in [5.41, 5.74) is 2.04. The second kappa shape index (κ2) is 10.8. The summed E-state index contributed by atoms with van der Waals surface area (Å²) in [6.45, 7) is 3.37. The Morgan fingerprint density at radius 2 is 1.72 bits per heavy atom. The fraction of sp³-hybridized carbons (Fsp3) is 0.318. The highest BCUT2D eigenvalue weighted by Gasteiger charge is 2.15. The SMILES string of the molecule is CC[C@@H](C)c1ccccc1NC(=O)COC(=O)CNC(=O)c1ccccc1OC. The first-order chi connectivity index (χ1) is 14.0. The Balaban J connectivity index is 1.82. The van der Waals surface area contributed by atoms with Crippen LogP contribution in [0.15, 0.2) is 48.5 Å². The molecule has 0 saturated heterocycles. The lowest BCUT2D eigenvalue weighted by Crippen LogP contribution is -2.32. The van der Waals surface area contributed by atoms with Crippen molar-refractivity contribution < 1.29 is 23.9 Å². The predicted octanol–water partition coefficient (Wildman–Crippen LogP) is 3.12. The van der Waals surface area contributed by atoms with Gasteiger partial charge in [0, 0.05) is 5.69 Å². The van der Waals surface area contributed by atoms with Crippen LogP contribution in [0.25, 0.3) is 0 Å². The second-order valence-corrected chi connectivity index (χ2v) is 6.49. The molecule has 7 heteroatoms. The third kappa shape index (κ3) is 6.34. The normalized spacial score (nSPS) is 11.3. The van der Waals surface area contributed by atoms with Crippen LogP contribution >= 0.6 is 0 Å². The molecule has 0 aliphatic rings. The van der Waals surface area contributed by atoms with E-state index in [0.29, 0.717) is 22.9 Å². The molecule has 2 N–H and O–H groups in total. The van der Waals surface area contributed by atoms with Gasteiger partial charge in [-0.2, -0.15) is 0 Å². The molecule has 154 valence electrons. The van der Waals surface area contributed by atoms with E-state index in [2.05, 4.69) is 24.5 Å². The summed E-state index contributed by atoms with van der Waals surface area (Å²) in [7, 11) is 1.46. The summed E-state index contributed by atoms with van der Waals surface area (Å²) in [5, 5.41) is 5.22. The van der Waals surface area contributed by atoms with Gasteiger partial charge in [-0.05, 0) is 36.1 Å². The van der Waals surface area contributed by atoms with E-state index < -0.39 is 24.4 Å². The first-order valence-electron chi connectivity index (χ1n) is 9.41. The molecule has 2 amide bonds. The zero-order valence-corrected chi connectivity index (χ0v) is 16.9. The maximum atomic E-state index is 12.2. The number of hydrogen-bond acceptors (Lipinski definition) is 5. The van der Waals surface area contributed by atoms with Crippen molar-refractivity contribution in [3.63, 3.8) is 0 Å². The molecule has 1 atom stereocenters. The molecular weight excluding hydrogens is 372 g/mol. The van der Waals surface area contributed by atoms with E-state index in [1.807, 2.05) is 24.3 Å². The number of nitrogens with one attached hydrogen (secondary N) is 2.